The predicted molar refractivity (Wildman–Crippen MR) is 44.3 cm³/mol. The van der Waals surface area contributed by atoms with Crippen LogP contribution in [0.1, 0.15) is 6.92 Å². The average molecular weight is 162 g/mol. The molecule has 0 aromatic heterocycles. The number of hydrogen-bond acceptors (Lipinski definition) is 2. The Balaban J connectivity index is 2.67. The van der Waals surface area contributed by atoms with Crippen molar-refractivity contribution in [3.05, 3.63) is 11.0 Å². The number of hydrogen-bond donors (Lipinski definition) is 1. The topological polar surface area (TPSA) is 15.3 Å². The molecule has 0 fully saturated rings. The van der Waals surface area contributed by atoms with Crippen molar-refractivity contribution < 1.29 is 0 Å². The van der Waals surface area contributed by atoms with Crippen molar-refractivity contribution >= 4 is 20.8 Å². The number of rotatable bonds is 0. The van der Waals surface area contributed by atoms with Crippen LogP contribution >= 0.6 is 0 Å². The van der Waals surface area contributed by atoms with E-state index in [4.69, 9.17) is 11.2 Å². The van der Waals surface area contributed by atoms with E-state index in [1.54, 1.807) is 0 Å². The van der Waals surface area contributed by atoms with E-state index < -0.39 is 0 Å². The van der Waals surface area contributed by atoms with Crippen LogP contribution < -0.4 is 4.83 Å². The minimum Gasteiger partial charge on any atom is -0.233 e. The van der Waals surface area contributed by atoms with Gasteiger partial charge in [0.2, 0.25) is 0 Å². The molecule has 1 aliphatic rings. The van der Waals surface area contributed by atoms with Gasteiger partial charge in [0.1, 0.15) is 0 Å². The van der Waals surface area contributed by atoms with Crippen molar-refractivity contribution in [1.82, 2.24) is 9.84 Å². The molecule has 1 N–H and O–H groups in total. The molecule has 4 heteroatoms. The first kappa shape index (κ1) is 7.34. The Hall–Kier alpha value is 0.230. The van der Waals surface area contributed by atoms with Crippen LogP contribution in [0.2, 0.25) is 0 Å². The van der Waals surface area contributed by atoms with E-state index in [1.807, 2.05) is 12.1 Å². The number of nitrogens with one attached hydrogen (secondary N) is 1. The van der Waals surface area contributed by atoms with E-state index in [0.29, 0.717) is 0 Å². The molecule has 1 atom stereocenters. The van der Waals surface area contributed by atoms with E-state index in [1.165, 1.54) is 5.57 Å². The summed E-state index contributed by atoms with van der Waals surface area (Å²) in [7, 11) is 1.85. The maximum atomic E-state index is 5.04. The third kappa shape index (κ3) is 2.14. The second-order valence-corrected chi connectivity index (χ2v) is 4.30. The number of nitrogens with zero attached hydrogens (tertiary/aromatic N) is 1. The molecule has 52 valence electrons. The fourth-order valence-electron chi connectivity index (χ4n) is 0.806. The highest BCUT2D eigenvalue weighted by molar-refractivity contribution is 8.29. The van der Waals surface area contributed by atoms with Gasteiger partial charge in [-0.3, -0.25) is 0 Å². The monoisotopic (exact) mass is 162 g/mol. The fraction of sp³-hybridized carbons (Fsp3) is 0.600. The molecule has 0 bridgehead atoms. The molecule has 0 aliphatic carbocycles. The predicted octanol–water partition coefficient (Wildman–Crippen LogP) is 0.335. The van der Waals surface area contributed by atoms with Gasteiger partial charge in [-0.05, 0) is 38.7 Å². The molecule has 0 spiro atoms. The van der Waals surface area contributed by atoms with Crippen molar-refractivity contribution in [2.45, 2.75) is 6.92 Å². The Morgan fingerprint density at radius 1 is 1.89 bits per heavy atom. The zero-order valence-electron chi connectivity index (χ0n) is 5.55. The Morgan fingerprint density at radius 2 is 2.56 bits per heavy atom. The maximum Gasteiger partial charge on any atom is 0.0352 e. The number of likely N-dealkylation sites (N-methyl/N-ethyl adjacent to an activating group) is 1. The molecule has 9 heavy (non-hydrogen) atoms. The molecule has 0 radical (unpaired) electrons. The molecule has 1 heterocycles. The quantitative estimate of drug-likeness (QED) is 0.553. The molecule has 0 aromatic carbocycles. The van der Waals surface area contributed by atoms with Crippen LogP contribution in [0.3, 0.4) is 0 Å². The summed E-state index contributed by atoms with van der Waals surface area (Å²) in [6.07, 6.45) is 0. The minimum absolute atomic E-state index is 0.153. The molecule has 1 aliphatic heterocycles. The highest BCUT2D eigenvalue weighted by atomic mass is 32.8. The zero-order chi connectivity index (χ0) is 6.85. The van der Waals surface area contributed by atoms with Gasteiger partial charge in [-0.15, -0.1) is 0 Å². The molecule has 1 rings (SSSR count). The summed E-state index contributed by atoms with van der Waals surface area (Å²) in [6.45, 7) is 3.09. The molecular weight excluding hydrogens is 152 g/mol. The van der Waals surface area contributed by atoms with Gasteiger partial charge in [0.25, 0.3) is 0 Å². The van der Waals surface area contributed by atoms with Gasteiger partial charge >= 0.3 is 0 Å². The second kappa shape index (κ2) is 2.88. The summed E-state index contributed by atoms with van der Waals surface area (Å²) in [6, 6.07) is 0. The summed E-state index contributed by atoms with van der Waals surface area (Å²) >= 11 is 5.04. The van der Waals surface area contributed by atoms with Crippen molar-refractivity contribution in [3.8, 4) is 0 Å². The van der Waals surface area contributed by atoms with Gasteiger partial charge in [0, 0.05) is 13.6 Å². The van der Waals surface area contributed by atoms with Crippen molar-refractivity contribution in [1.29, 1.82) is 0 Å². The summed E-state index contributed by atoms with van der Waals surface area (Å²) in [5, 5.41) is 4.11. The highest BCUT2D eigenvalue weighted by Gasteiger charge is 2.05. The zero-order valence-corrected chi connectivity index (χ0v) is 7.18. The van der Waals surface area contributed by atoms with Gasteiger partial charge in [0.05, 0.1) is 0 Å². The third-order valence-electron chi connectivity index (χ3n) is 1.04. The van der Waals surface area contributed by atoms with Gasteiger partial charge in [-0.2, -0.15) is 4.83 Å². The molecule has 0 aromatic rings. The van der Waals surface area contributed by atoms with E-state index in [9.17, 15) is 0 Å². The van der Waals surface area contributed by atoms with Crippen LogP contribution in [-0.4, -0.2) is 18.6 Å². The standard InChI is InChI=1S/C5H10N2S2/c1-5-3-7(2)6-9(8)4-5/h4,6H,3H2,1-2H3. The molecule has 0 amide bonds. The minimum atomic E-state index is -0.153. The molecule has 0 saturated heterocycles. The average Bonchev–Trinajstić information content (AvgIpc) is 1.59. The van der Waals surface area contributed by atoms with Gasteiger partial charge in [0.15, 0.2) is 0 Å². The first-order chi connectivity index (χ1) is 4.18. The van der Waals surface area contributed by atoms with Crippen LogP contribution in [0.5, 0.6) is 0 Å². The lowest BCUT2D eigenvalue weighted by atomic mass is 10.3. The Bertz CT molecular complexity index is 164. The lowest BCUT2D eigenvalue weighted by Crippen LogP contribution is -2.38. The van der Waals surface area contributed by atoms with Crippen LogP contribution in [0.25, 0.3) is 0 Å². The molecule has 1 unspecified atom stereocenters. The van der Waals surface area contributed by atoms with Crippen LogP contribution in [0.15, 0.2) is 11.0 Å². The third-order valence-corrected chi connectivity index (χ3v) is 2.66. The Morgan fingerprint density at radius 3 is 3.00 bits per heavy atom. The van der Waals surface area contributed by atoms with Gasteiger partial charge < -0.3 is 0 Å². The largest absolute Gasteiger partial charge is 0.233 e. The van der Waals surface area contributed by atoms with Crippen LogP contribution in [0.4, 0.5) is 0 Å². The lowest BCUT2D eigenvalue weighted by Gasteiger charge is -2.22. The van der Waals surface area contributed by atoms with E-state index >= 15 is 0 Å². The highest BCUT2D eigenvalue weighted by Crippen LogP contribution is 2.01. The molecular formula is C5H10N2S2. The summed E-state index contributed by atoms with van der Waals surface area (Å²) < 4.78 is 0. The smallest absolute Gasteiger partial charge is 0.0352 e. The van der Waals surface area contributed by atoms with Crippen LogP contribution in [0, 0.1) is 0 Å². The number of hydrazine groups is 1. The summed E-state index contributed by atoms with van der Waals surface area (Å²) in [4.78, 5) is 3.11. The van der Waals surface area contributed by atoms with Crippen LogP contribution in [-0.2, 0) is 20.8 Å². The first-order valence-electron chi connectivity index (χ1n) is 2.74. The summed E-state index contributed by atoms with van der Waals surface area (Å²) in [5.41, 5.74) is 1.36. The van der Waals surface area contributed by atoms with Crippen molar-refractivity contribution in [3.63, 3.8) is 0 Å². The molecule has 0 saturated carbocycles. The van der Waals surface area contributed by atoms with E-state index in [2.05, 4.69) is 17.2 Å². The maximum absolute atomic E-state index is 5.04. The van der Waals surface area contributed by atoms with E-state index in [0.717, 1.165) is 6.54 Å². The summed E-state index contributed by atoms with van der Waals surface area (Å²) in [5.74, 6) is 0. The van der Waals surface area contributed by atoms with Crippen molar-refractivity contribution in [2.24, 2.45) is 0 Å². The SMILES string of the molecule is CC1=CS(=S)NN(C)C1. The fourth-order valence-corrected chi connectivity index (χ4v) is 2.55. The van der Waals surface area contributed by atoms with Gasteiger partial charge in [-0.1, -0.05) is 0 Å². The Labute approximate surface area is 62.6 Å². The Kier molecular flexibility index (Phi) is 2.35. The second-order valence-electron chi connectivity index (χ2n) is 2.21. The molecule has 2 nitrogen and oxygen atoms in total. The first-order valence-corrected chi connectivity index (χ1v) is 4.95. The normalized spacial score (nSPS) is 30.0. The van der Waals surface area contributed by atoms with Gasteiger partial charge in [-0.25, -0.2) is 5.01 Å². The lowest BCUT2D eigenvalue weighted by molar-refractivity contribution is 0.334. The van der Waals surface area contributed by atoms with Crippen molar-refractivity contribution in [2.75, 3.05) is 13.6 Å². The van der Waals surface area contributed by atoms with E-state index in [-0.39, 0.29) is 9.64 Å².